The van der Waals surface area contributed by atoms with E-state index in [9.17, 15) is 31.0 Å². The van der Waals surface area contributed by atoms with Gasteiger partial charge in [-0.2, -0.15) is 22.0 Å². The number of benzene rings is 1. The molecule has 1 atom stereocenters. The normalized spacial score (nSPS) is 15.0. The number of hydrogen-bond donors (Lipinski definition) is 1. The van der Waals surface area contributed by atoms with Crippen LogP contribution in [0.3, 0.4) is 0 Å². The summed E-state index contributed by atoms with van der Waals surface area (Å²) in [5.41, 5.74) is -0.186. The quantitative estimate of drug-likeness (QED) is 0.851. The minimum Gasteiger partial charge on any atom is -0.426 e. The van der Waals surface area contributed by atoms with Gasteiger partial charge in [0.1, 0.15) is 15.7 Å². The van der Waals surface area contributed by atoms with Crippen LogP contribution in [-0.4, -0.2) is 28.2 Å². The molecule has 0 spiro atoms. The summed E-state index contributed by atoms with van der Waals surface area (Å²) < 4.78 is 79.4. The Bertz CT molecular complexity index is 663. The van der Waals surface area contributed by atoms with Crippen molar-refractivity contribution < 1.29 is 35.7 Å². The molecule has 0 aliphatic carbocycles. The van der Waals surface area contributed by atoms with Crippen LogP contribution < -0.4 is 9.88 Å². The minimum absolute atomic E-state index is 0.0856. The van der Waals surface area contributed by atoms with Crippen LogP contribution in [0.1, 0.15) is 17.3 Å². The molecule has 0 bridgehead atoms. The molecular weight excluding hydrogens is 335 g/mol. The first-order valence-electron chi connectivity index (χ1n) is 5.68. The third kappa shape index (κ3) is 4.63. The summed E-state index contributed by atoms with van der Waals surface area (Å²) in [5, 5.41) is 5.21. The zero-order valence-corrected chi connectivity index (χ0v) is 11.9. The van der Waals surface area contributed by atoms with Crippen molar-refractivity contribution in [2.45, 2.75) is 19.2 Å². The Morgan fingerprint density at radius 3 is 2.14 bits per heavy atom. The lowest BCUT2D eigenvalue weighted by Crippen LogP contribution is -2.41. The molecule has 1 rings (SSSR count). The number of hydrogen-bond acceptors (Lipinski definition) is 3. The number of carbonyl (C=O) groups is 1. The third-order valence-electron chi connectivity index (χ3n) is 2.33. The average Bonchev–Trinajstić information content (AvgIpc) is 2.37. The van der Waals surface area contributed by atoms with E-state index in [4.69, 9.17) is 5.14 Å². The van der Waals surface area contributed by atoms with Crippen LogP contribution >= 0.6 is 0 Å². The lowest BCUT2D eigenvalue weighted by molar-refractivity contribution is -0.360. The Hall–Kier alpha value is -1.75. The predicted molar refractivity (Wildman–Crippen MR) is 67.7 cm³/mol. The minimum atomic E-state index is -5.87. The van der Waals surface area contributed by atoms with Crippen LogP contribution in [-0.2, 0) is 9.92 Å². The monoisotopic (exact) mass is 346 g/mol. The van der Waals surface area contributed by atoms with Crippen molar-refractivity contribution >= 4 is 15.8 Å². The van der Waals surface area contributed by atoms with Crippen LogP contribution in [0.4, 0.5) is 22.0 Å². The van der Waals surface area contributed by atoms with Crippen LogP contribution in [0.2, 0.25) is 0 Å². The molecule has 1 aromatic rings. The molecule has 124 valence electrons. The molecule has 1 aromatic carbocycles. The fourth-order valence-electron chi connectivity index (χ4n) is 1.13. The molecule has 0 aliphatic heterocycles. The molecule has 0 heterocycles. The molecule has 0 radical (unpaired) electrons. The number of ether oxygens (including phenoxy) is 1. The molecule has 0 saturated carbocycles. The van der Waals surface area contributed by atoms with Crippen molar-refractivity contribution in [2.75, 3.05) is 5.75 Å². The Labute approximate surface area is 122 Å². The number of rotatable bonds is 4. The molecular formula is C11H11F5N2O3S. The second kappa shape index (κ2) is 6.16. The van der Waals surface area contributed by atoms with Gasteiger partial charge >= 0.3 is 12.3 Å². The summed E-state index contributed by atoms with van der Waals surface area (Å²) in [7, 11) is -3.20. The van der Waals surface area contributed by atoms with Gasteiger partial charge in [0.05, 0.1) is 0 Å². The maximum atomic E-state index is 12.7. The molecule has 1 amide bonds. The van der Waals surface area contributed by atoms with Crippen LogP contribution in [0, 0.1) is 0 Å². The molecule has 0 fully saturated rings. The fraction of sp³-hybridized carbons (Fsp3) is 0.364. The van der Waals surface area contributed by atoms with Gasteiger partial charge in [0.15, 0.2) is 0 Å². The van der Waals surface area contributed by atoms with Gasteiger partial charge in [-0.3, -0.25) is 4.79 Å². The maximum absolute atomic E-state index is 12.7. The first-order chi connectivity index (χ1) is 9.88. The van der Waals surface area contributed by atoms with Crippen molar-refractivity contribution in [3.8, 4) is 5.75 Å². The highest BCUT2D eigenvalue weighted by Gasteiger charge is 2.61. The Morgan fingerprint density at radius 1 is 1.23 bits per heavy atom. The van der Waals surface area contributed by atoms with Crippen LogP contribution in [0.25, 0.3) is 0 Å². The summed E-state index contributed by atoms with van der Waals surface area (Å²) in [6, 6.07) is 3.26. The zero-order chi connectivity index (χ0) is 17.2. The largest absolute Gasteiger partial charge is 0.499 e. The Balaban J connectivity index is 2.95. The lowest BCUT2D eigenvalue weighted by atomic mass is 10.2. The summed E-state index contributed by atoms with van der Waals surface area (Å²) in [5.74, 6) is -1.87. The van der Waals surface area contributed by atoms with Gasteiger partial charge < -0.3 is 4.74 Å². The highest BCUT2D eigenvalue weighted by Crippen LogP contribution is 2.37. The SMILES string of the molecule is CCS(N)(=O)=NC(=O)c1ccc(OC(F)(F)C(F)(F)F)cc1. The number of amides is 1. The highest BCUT2D eigenvalue weighted by molar-refractivity contribution is 7.91. The average molecular weight is 346 g/mol. The highest BCUT2D eigenvalue weighted by atomic mass is 32.2. The number of alkyl halides is 5. The molecule has 5 nitrogen and oxygen atoms in total. The van der Waals surface area contributed by atoms with Crippen LogP contribution in [0.15, 0.2) is 28.6 Å². The molecule has 22 heavy (non-hydrogen) atoms. The number of halogens is 5. The van der Waals surface area contributed by atoms with Gasteiger partial charge in [-0.1, -0.05) is 6.92 Å². The third-order valence-corrected chi connectivity index (χ3v) is 3.63. The van der Waals surface area contributed by atoms with Gasteiger partial charge in [0.2, 0.25) is 0 Å². The van der Waals surface area contributed by atoms with Crippen LogP contribution in [0.5, 0.6) is 5.75 Å². The molecule has 11 heteroatoms. The summed E-state index contributed by atoms with van der Waals surface area (Å²) >= 11 is 0. The molecule has 0 aliphatic rings. The van der Waals surface area contributed by atoms with Gasteiger partial charge in [-0.15, -0.1) is 4.36 Å². The molecule has 2 N–H and O–H groups in total. The second-order valence-electron chi connectivity index (χ2n) is 4.02. The summed E-state index contributed by atoms with van der Waals surface area (Å²) in [4.78, 5) is 11.6. The topological polar surface area (TPSA) is 81.8 Å². The first-order valence-corrected chi connectivity index (χ1v) is 7.43. The van der Waals surface area contributed by atoms with E-state index in [0.717, 1.165) is 24.3 Å². The molecule has 0 saturated heterocycles. The van der Waals surface area contributed by atoms with E-state index in [-0.39, 0.29) is 11.3 Å². The van der Waals surface area contributed by atoms with Gasteiger partial charge in [0.25, 0.3) is 5.91 Å². The molecule has 0 aromatic heterocycles. The van der Waals surface area contributed by atoms with E-state index in [2.05, 4.69) is 9.10 Å². The van der Waals surface area contributed by atoms with Crippen molar-refractivity contribution in [2.24, 2.45) is 9.50 Å². The van der Waals surface area contributed by atoms with Gasteiger partial charge in [0, 0.05) is 11.3 Å². The van der Waals surface area contributed by atoms with E-state index < -0.39 is 33.9 Å². The van der Waals surface area contributed by atoms with E-state index in [1.807, 2.05) is 0 Å². The van der Waals surface area contributed by atoms with Crippen molar-refractivity contribution in [1.29, 1.82) is 0 Å². The van der Waals surface area contributed by atoms with Crippen molar-refractivity contribution in [3.63, 3.8) is 0 Å². The smallest absolute Gasteiger partial charge is 0.426 e. The maximum Gasteiger partial charge on any atom is 0.499 e. The second-order valence-corrected chi connectivity index (χ2v) is 6.16. The van der Waals surface area contributed by atoms with E-state index >= 15 is 0 Å². The number of nitrogens with zero attached hydrogens (tertiary/aromatic N) is 1. The summed E-state index contributed by atoms with van der Waals surface area (Å²) in [6.07, 6.45) is -11.2. The summed E-state index contributed by atoms with van der Waals surface area (Å²) in [6.45, 7) is 1.44. The Morgan fingerprint density at radius 2 is 1.73 bits per heavy atom. The van der Waals surface area contributed by atoms with E-state index in [1.165, 1.54) is 6.92 Å². The van der Waals surface area contributed by atoms with Gasteiger partial charge in [-0.05, 0) is 24.3 Å². The fourth-order valence-corrected chi connectivity index (χ4v) is 1.64. The van der Waals surface area contributed by atoms with E-state index in [1.54, 1.807) is 0 Å². The van der Waals surface area contributed by atoms with Gasteiger partial charge in [-0.25, -0.2) is 9.35 Å². The standard InChI is InChI=1S/C11H11F5N2O3S/c1-2-22(17,20)18-9(19)7-3-5-8(6-4-7)21-11(15,16)10(12,13)14/h3-6H,2H2,1H3,(H2,17,18,19,20). The Kier molecular flexibility index (Phi) is 5.13. The predicted octanol–water partition coefficient (Wildman–Crippen LogP) is 2.72. The first kappa shape index (κ1) is 18.3. The lowest BCUT2D eigenvalue weighted by Gasteiger charge is -2.20. The molecule has 1 unspecified atom stereocenters. The zero-order valence-electron chi connectivity index (χ0n) is 11.1. The van der Waals surface area contributed by atoms with Crippen molar-refractivity contribution in [1.82, 2.24) is 0 Å². The van der Waals surface area contributed by atoms with E-state index in [0.29, 0.717) is 0 Å². The number of carbonyl (C=O) groups excluding carboxylic acids is 1. The van der Waals surface area contributed by atoms with Crippen molar-refractivity contribution in [3.05, 3.63) is 29.8 Å². The number of nitrogens with two attached hydrogens (primary N) is 1.